The molecule has 0 spiro atoms. The zero-order valence-corrected chi connectivity index (χ0v) is 14.9. The highest BCUT2D eigenvalue weighted by Gasteiger charge is 2.28. The van der Waals surface area contributed by atoms with Crippen LogP contribution in [0.15, 0.2) is 42.5 Å². The summed E-state index contributed by atoms with van der Waals surface area (Å²) in [4.78, 5) is 12.4. The standard InChI is InChI=1S/C19H16F2N4O3/c1-27-13-5-2-11(3-6-13)17-9-25-16(10-28-17)18(23-24-25)19(26)22-15-8-12(20)4-7-14(15)21/h2-8,17H,9-10H2,1H3,(H,22,26)/t17-/m1/s1. The van der Waals surface area contributed by atoms with Crippen LogP contribution in [0.2, 0.25) is 0 Å². The Labute approximate surface area is 158 Å². The third-order valence-corrected chi connectivity index (χ3v) is 4.48. The first-order valence-electron chi connectivity index (χ1n) is 8.49. The summed E-state index contributed by atoms with van der Waals surface area (Å²) in [6.07, 6.45) is -0.253. The van der Waals surface area contributed by atoms with Gasteiger partial charge in [-0.3, -0.25) is 4.79 Å². The first-order valence-corrected chi connectivity index (χ1v) is 8.49. The molecule has 144 valence electrons. The van der Waals surface area contributed by atoms with Crippen LogP contribution in [0.1, 0.15) is 27.8 Å². The van der Waals surface area contributed by atoms with Crippen molar-refractivity contribution in [1.82, 2.24) is 15.0 Å². The van der Waals surface area contributed by atoms with Gasteiger partial charge < -0.3 is 14.8 Å². The molecule has 2 heterocycles. The van der Waals surface area contributed by atoms with Crippen molar-refractivity contribution in [3.05, 3.63) is 71.1 Å². The van der Waals surface area contributed by atoms with Crippen molar-refractivity contribution < 1.29 is 23.0 Å². The number of nitrogens with zero attached hydrogens (tertiary/aromatic N) is 3. The average Bonchev–Trinajstić information content (AvgIpc) is 3.14. The van der Waals surface area contributed by atoms with E-state index in [0.29, 0.717) is 12.2 Å². The van der Waals surface area contributed by atoms with Gasteiger partial charge in [0.2, 0.25) is 0 Å². The fourth-order valence-corrected chi connectivity index (χ4v) is 2.98. The molecular formula is C19H16F2N4O3. The van der Waals surface area contributed by atoms with E-state index in [1.807, 2.05) is 24.3 Å². The fraction of sp³-hybridized carbons (Fsp3) is 0.211. The normalized spacial score (nSPS) is 15.8. The van der Waals surface area contributed by atoms with Gasteiger partial charge in [-0.1, -0.05) is 17.3 Å². The molecule has 1 aliphatic rings. The summed E-state index contributed by atoms with van der Waals surface area (Å²) >= 11 is 0. The third kappa shape index (κ3) is 3.44. The molecule has 1 aromatic heterocycles. The Hall–Kier alpha value is -3.33. The molecule has 0 radical (unpaired) electrons. The first kappa shape index (κ1) is 18.1. The van der Waals surface area contributed by atoms with E-state index in [0.717, 1.165) is 29.5 Å². The molecule has 7 nitrogen and oxygen atoms in total. The zero-order valence-electron chi connectivity index (χ0n) is 14.9. The third-order valence-electron chi connectivity index (χ3n) is 4.48. The Morgan fingerprint density at radius 1 is 1.25 bits per heavy atom. The van der Waals surface area contributed by atoms with Gasteiger partial charge in [-0.15, -0.1) is 5.10 Å². The lowest BCUT2D eigenvalue weighted by Crippen LogP contribution is -2.24. The topological polar surface area (TPSA) is 78.3 Å². The predicted octanol–water partition coefficient (Wildman–Crippen LogP) is 3.09. The number of ether oxygens (including phenoxy) is 2. The maximum Gasteiger partial charge on any atom is 0.278 e. The Morgan fingerprint density at radius 3 is 2.79 bits per heavy atom. The monoisotopic (exact) mass is 386 g/mol. The second kappa shape index (κ2) is 7.35. The van der Waals surface area contributed by atoms with E-state index in [4.69, 9.17) is 9.47 Å². The van der Waals surface area contributed by atoms with Crippen molar-refractivity contribution in [2.75, 3.05) is 12.4 Å². The van der Waals surface area contributed by atoms with Gasteiger partial charge in [0.05, 0.1) is 31.6 Å². The largest absolute Gasteiger partial charge is 0.497 e. The van der Waals surface area contributed by atoms with E-state index in [9.17, 15) is 13.6 Å². The summed E-state index contributed by atoms with van der Waals surface area (Å²) in [5, 5.41) is 10.2. The number of carbonyl (C=O) groups is 1. The van der Waals surface area contributed by atoms with Gasteiger partial charge in [-0.2, -0.15) is 0 Å². The second-order valence-electron chi connectivity index (χ2n) is 6.22. The van der Waals surface area contributed by atoms with Crippen LogP contribution in [0, 0.1) is 11.6 Å². The van der Waals surface area contributed by atoms with Crippen molar-refractivity contribution >= 4 is 11.6 Å². The number of fused-ring (bicyclic) bond motifs is 1. The lowest BCUT2D eigenvalue weighted by molar-refractivity contribution is -0.00173. The number of rotatable bonds is 4. The summed E-state index contributed by atoms with van der Waals surface area (Å²) in [7, 11) is 1.59. The lowest BCUT2D eigenvalue weighted by atomic mass is 10.1. The number of amides is 1. The van der Waals surface area contributed by atoms with Crippen LogP contribution in [-0.4, -0.2) is 28.0 Å². The fourth-order valence-electron chi connectivity index (χ4n) is 2.98. The number of aromatic nitrogens is 3. The van der Waals surface area contributed by atoms with Gasteiger partial charge in [0.1, 0.15) is 23.5 Å². The smallest absolute Gasteiger partial charge is 0.278 e. The molecule has 0 aliphatic carbocycles. The zero-order chi connectivity index (χ0) is 19.7. The van der Waals surface area contributed by atoms with Gasteiger partial charge in [0.25, 0.3) is 5.91 Å². The highest BCUT2D eigenvalue weighted by Crippen LogP contribution is 2.28. The lowest BCUT2D eigenvalue weighted by Gasteiger charge is -2.24. The maximum absolute atomic E-state index is 13.7. The highest BCUT2D eigenvalue weighted by atomic mass is 19.1. The Balaban J connectivity index is 1.51. The van der Waals surface area contributed by atoms with E-state index in [1.165, 1.54) is 0 Å². The predicted molar refractivity (Wildman–Crippen MR) is 94.9 cm³/mol. The van der Waals surface area contributed by atoms with E-state index in [-0.39, 0.29) is 24.1 Å². The molecule has 2 aromatic carbocycles. The van der Waals surface area contributed by atoms with Crippen molar-refractivity contribution in [2.24, 2.45) is 0 Å². The van der Waals surface area contributed by atoms with Crippen molar-refractivity contribution in [1.29, 1.82) is 0 Å². The minimum Gasteiger partial charge on any atom is -0.497 e. The summed E-state index contributed by atoms with van der Waals surface area (Å²) in [6.45, 7) is 0.481. The second-order valence-corrected chi connectivity index (χ2v) is 6.22. The molecular weight excluding hydrogens is 370 g/mol. The van der Waals surface area contributed by atoms with Crippen LogP contribution in [0.4, 0.5) is 14.5 Å². The quantitative estimate of drug-likeness (QED) is 0.746. The molecule has 0 unspecified atom stereocenters. The van der Waals surface area contributed by atoms with Crippen molar-refractivity contribution in [3.63, 3.8) is 0 Å². The number of carbonyl (C=O) groups excluding carboxylic acids is 1. The summed E-state index contributed by atoms with van der Waals surface area (Å²) in [6, 6.07) is 10.3. The number of nitrogens with one attached hydrogen (secondary N) is 1. The van der Waals surface area contributed by atoms with E-state index < -0.39 is 17.5 Å². The van der Waals surface area contributed by atoms with Gasteiger partial charge in [0, 0.05) is 6.07 Å². The molecule has 0 saturated heterocycles. The Morgan fingerprint density at radius 2 is 2.04 bits per heavy atom. The van der Waals surface area contributed by atoms with E-state index in [2.05, 4.69) is 15.6 Å². The van der Waals surface area contributed by atoms with Crippen LogP contribution in [-0.2, 0) is 17.9 Å². The molecule has 1 amide bonds. The molecule has 0 saturated carbocycles. The minimum absolute atomic E-state index is 0.0110. The summed E-state index contributed by atoms with van der Waals surface area (Å²) in [5.41, 5.74) is 1.16. The van der Waals surface area contributed by atoms with Crippen LogP contribution in [0.25, 0.3) is 0 Å². The number of benzene rings is 2. The number of methoxy groups -OCH3 is 1. The average molecular weight is 386 g/mol. The number of halogens is 2. The molecule has 0 fully saturated rings. The Bertz CT molecular complexity index is 1020. The molecule has 9 heteroatoms. The van der Waals surface area contributed by atoms with Crippen LogP contribution in [0.5, 0.6) is 5.75 Å². The number of hydrogen-bond donors (Lipinski definition) is 1. The molecule has 4 rings (SSSR count). The molecule has 1 aliphatic heterocycles. The van der Waals surface area contributed by atoms with Crippen LogP contribution < -0.4 is 10.1 Å². The SMILES string of the molecule is COc1ccc([C@H]2Cn3nnc(C(=O)Nc4cc(F)ccc4F)c3CO2)cc1. The van der Waals surface area contributed by atoms with Crippen LogP contribution in [0.3, 0.4) is 0 Å². The summed E-state index contributed by atoms with van der Waals surface area (Å²) < 4.78 is 39.6. The molecule has 1 atom stereocenters. The molecule has 0 bridgehead atoms. The Kier molecular flexibility index (Phi) is 4.74. The van der Waals surface area contributed by atoms with Gasteiger partial charge >= 0.3 is 0 Å². The van der Waals surface area contributed by atoms with Crippen molar-refractivity contribution in [2.45, 2.75) is 19.3 Å². The van der Waals surface area contributed by atoms with Crippen LogP contribution >= 0.6 is 0 Å². The van der Waals surface area contributed by atoms with E-state index in [1.54, 1.807) is 11.8 Å². The summed E-state index contributed by atoms with van der Waals surface area (Å²) in [5.74, 6) is -1.35. The van der Waals surface area contributed by atoms with Gasteiger partial charge in [-0.05, 0) is 29.8 Å². The van der Waals surface area contributed by atoms with Gasteiger partial charge in [0.15, 0.2) is 5.69 Å². The number of anilines is 1. The highest BCUT2D eigenvalue weighted by molar-refractivity contribution is 6.03. The minimum atomic E-state index is -0.744. The maximum atomic E-state index is 13.7. The first-order chi connectivity index (χ1) is 13.5. The van der Waals surface area contributed by atoms with Gasteiger partial charge in [-0.25, -0.2) is 13.5 Å². The molecule has 28 heavy (non-hydrogen) atoms. The molecule has 3 aromatic rings. The van der Waals surface area contributed by atoms with Crippen molar-refractivity contribution in [3.8, 4) is 5.75 Å². The molecule has 1 N–H and O–H groups in total. The van der Waals surface area contributed by atoms with E-state index >= 15 is 0 Å². The number of hydrogen-bond acceptors (Lipinski definition) is 5.